The quantitative estimate of drug-likeness (QED) is 0.204. The summed E-state index contributed by atoms with van der Waals surface area (Å²) >= 11 is 0. The first-order valence-electron chi connectivity index (χ1n) is 8.78. The monoisotopic (exact) mass is 385 g/mol. The predicted molar refractivity (Wildman–Crippen MR) is 102 cm³/mol. The molecule has 0 saturated carbocycles. The maximum atomic E-state index is 4.47. The number of fused-ring (bicyclic) bond motifs is 1. The van der Waals surface area contributed by atoms with Crippen molar-refractivity contribution in [3.63, 3.8) is 0 Å². The molecule has 27 heavy (non-hydrogen) atoms. The third-order valence-corrected chi connectivity index (χ3v) is 4.19. The van der Waals surface area contributed by atoms with Crippen LogP contribution in [0.25, 0.3) is 11.0 Å². The second-order valence-corrected chi connectivity index (χ2v) is 5.89. The Kier molecular flexibility index (Phi) is 7.01. The summed E-state index contributed by atoms with van der Waals surface area (Å²) < 4.78 is 6.21. The second-order valence-electron chi connectivity index (χ2n) is 5.89. The molecule has 0 unspecified atom stereocenters. The lowest BCUT2D eigenvalue weighted by Crippen LogP contribution is -3.00. The van der Waals surface area contributed by atoms with Crippen molar-refractivity contribution in [2.45, 2.75) is 33.9 Å². The minimum atomic E-state index is 0. The number of azo groups is 1. The van der Waals surface area contributed by atoms with Gasteiger partial charge in [-0.2, -0.15) is 0 Å². The number of aromatic nitrogens is 3. The van der Waals surface area contributed by atoms with Crippen LogP contribution in [0, 0.1) is 0 Å². The molecular formula is C19H24ClN7. The smallest absolute Gasteiger partial charge is 0.350 e. The van der Waals surface area contributed by atoms with E-state index in [9.17, 15) is 0 Å². The number of amidine groups is 1. The molecule has 8 heteroatoms. The highest BCUT2D eigenvalue weighted by Crippen LogP contribution is 2.12. The highest BCUT2D eigenvalue weighted by molar-refractivity contribution is 5.79. The molecule has 3 rings (SSSR count). The van der Waals surface area contributed by atoms with Gasteiger partial charge in [0.25, 0.3) is 0 Å². The fourth-order valence-electron chi connectivity index (χ4n) is 2.89. The molecule has 0 fully saturated rings. The van der Waals surface area contributed by atoms with Gasteiger partial charge in [-0.25, -0.2) is 4.57 Å². The van der Waals surface area contributed by atoms with Crippen molar-refractivity contribution >= 4 is 22.7 Å². The molecule has 2 heterocycles. The van der Waals surface area contributed by atoms with Gasteiger partial charge >= 0.3 is 5.82 Å². The van der Waals surface area contributed by atoms with E-state index in [0.29, 0.717) is 5.84 Å². The van der Waals surface area contributed by atoms with Gasteiger partial charge in [-0.1, -0.05) is 18.2 Å². The molecular weight excluding hydrogens is 362 g/mol. The maximum absolute atomic E-state index is 4.47. The number of imidazole rings is 1. The van der Waals surface area contributed by atoms with Gasteiger partial charge in [0.2, 0.25) is 5.62 Å². The van der Waals surface area contributed by atoms with Crippen LogP contribution < -0.4 is 22.6 Å². The van der Waals surface area contributed by atoms with E-state index in [1.165, 1.54) is 0 Å². The Hall–Kier alpha value is -2.80. The largest absolute Gasteiger partial charge is 1.00 e. The SMILES string of the molecule is CCn1c(=NN=C(C)N=Nc2cccc[n+]2C)n(CC)c2ccccc21.[Cl-]. The average molecular weight is 386 g/mol. The molecule has 0 aliphatic carbocycles. The molecule has 1 aromatic carbocycles. The molecule has 3 aromatic rings. The minimum Gasteiger partial charge on any atom is -1.00 e. The van der Waals surface area contributed by atoms with Gasteiger partial charge in [-0.15, -0.1) is 10.2 Å². The predicted octanol–water partition coefficient (Wildman–Crippen LogP) is 0.329. The van der Waals surface area contributed by atoms with E-state index >= 15 is 0 Å². The molecule has 142 valence electrons. The molecule has 0 spiro atoms. The van der Waals surface area contributed by atoms with Crippen LogP contribution in [-0.4, -0.2) is 15.0 Å². The Morgan fingerprint density at radius 1 is 0.963 bits per heavy atom. The maximum Gasteiger partial charge on any atom is 0.350 e. The molecule has 0 saturated heterocycles. The van der Waals surface area contributed by atoms with Gasteiger partial charge < -0.3 is 21.5 Å². The molecule has 0 atom stereocenters. The number of hydrogen-bond donors (Lipinski definition) is 0. The number of halogens is 1. The highest BCUT2D eigenvalue weighted by atomic mass is 35.5. The van der Waals surface area contributed by atoms with Crippen molar-refractivity contribution in [2.75, 3.05) is 0 Å². The number of hydrogen-bond acceptors (Lipinski definition) is 3. The molecule has 0 N–H and O–H groups in total. The number of pyridine rings is 1. The molecule has 7 nitrogen and oxygen atoms in total. The third-order valence-electron chi connectivity index (χ3n) is 4.19. The zero-order valence-corrected chi connectivity index (χ0v) is 16.8. The molecule has 0 aliphatic heterocycles. The van der Waals surface area contributed by atoms with Crippen LogP contribution in [0.3, 0.4) is 0 Å². The van der Waals surface area contributed by atoms with Crippen molar-refractivity contribution in [1.29, 1.82) is 0 Å². The normalized spacial score (nSPS) is 11.8. The first kappa shape index (κ1) is 20.5. The number of benzene rings is 1. The summed E-state index contributed by atoms with van der Waals surface area (Å²) in [5.74, 6) is 1.26. The summed E-state index contributed by atoms with van der Waals surface area (Å²) in [6, 6.07) is 14.1. The molecule has 0 radical (unpaired) electrons. The highest BCUT2D eigenvalue weighted by Gasteiger charge is 2.09. The Labute approximate surface area is 164 Å². The van der Waals surface area contributed by atoms with Crippen molar-refractivity contribution in [1.82, 2.24) is 9.13 Å². The third kappa shape index (κ3) is 4.31. The number of aryl methyl sites for hydroxylation is 3. The van der Waals surface area contributed by atoms with E-state index < -0.39 is 0 Å². The minimum absolute atomic E-state index is 0. The van der Waals surface area contributed by atoms with Crippen LogP contribution in [0.4, 0.5) is 5.82 Å². The Bertz CT molecular complexity index is 1000. The Balaban J connectivity index is 0.00000261. The van der Waals surface area contributed by atoms with Gasteiger partial charge in [-0.3, -0.25) is 0 Å². The second kappa shape index (κ2) is 9.23. The van der Waals surface area contributed by atoms with E-state index in [2.05, 4.69) is 55.5 Å². The lowest BCUT2D eigenvalue weighted by molar-refractivity contribution is -0.658. The van der Waals surface area contributed by atoms with Gasteiger partial charge in [0.05, 0.1) is 29.4 Å². The van der Waals surface area contributed by atoms with Crippen molar-refractivity contribution in [3.05, 3.63) is 54.3 Å². The first-order chi connectivity index (χ1) is 12.7. The fourth-order valence-corrected chi connectivity index (χ4v) is 2.89. The zero-order valence-electron chi connectivity index (χ0n) is 16.0. The fraction of sp³-hybridized carbons (Fsp3) is 0.316. The van der Waals surface area contributed by atoms with Crippen LogP contribution in [0.2, 0.25) is 0 Å². The first-order valence-corrected chi connectivity index (χ1v) is 8.78. The van der Waals surface area contributed by atoms with Gasteiger partial charge in [0.1, 0.15) is 0 Å². The number of rotatable bonds is 4. The van der Waals surface area contributed by atoms with E-state index in [1.54, 1.807) is 6.92 Å². The van der Waals surface area contributed by atoms with E-state index in [-0.39, 0.29) is 12.4 Å². The average Bonchev–Trinajstić information content (AvgIpc) is 2.98. The van der Waals surface area contributed by atoms with E-state index in [4.69, 9.17) is 0 Å². The zero-order chi connectivity index (χ0) is 18.5. The lowest BCUT2D eigenvalue weighted by atomic mass is 10.3. The van der Waals surface area contributed by atoms with Crippen molar-refractivity contribution in [3.8, 4) is 0 Å². The summed E-state index contributed by atoms with van der Waals surface area (Å²) in [5.41, 5.74) is 3.12. The van der Waals surface area contributed by atoms with E-state index in [0.717, 1.165) is 35.6 Å². The molecule has 0 aliphatic rings. The Morgan fingerprint density at radius 2 is 1.56 bits per heavy atom. The van der Waals surface area contributed by atoms with Crippen LogP contribution in [-0.2, 0) is 20.1 Å². The number of para-hydroxylation sites is 2. The topological polar surface area (TPSA) is 63.2 Å². The Morgan fingerprint density at radius 3 is 2.11 bits per heavy atom. The van der Waals surface area contributed by atoms with Crippen LogP contribution in [0.1, 0.15) is 20.8 Å². The van der Waals surface area contributed by atoms with Crippen LogP contribution in [0.5, 0.6) is 0 Å². The number of nitrogens with zero attached hydrogens (tertiary/aromatic N) is 7. The molecule has 2 aromatic heterocycles. The molecule has 0 amide bonds. The standard InChI is InChI=1S/C19H24N7.ClH/c1-5-25-16-11-7-8-12-17(16)26(6-2)19(25)23-21-15(3)20-22-18-13-9-10-14-24(18)4;/h7-14H,5-6H2,1-4H3;1H/q+1;/p-1. The summed E-state index contributed by atoms with van der Waals surface area (Å²) in [6.07, 6.45) is 1.93. The summed E-state index contributed by atoms with van der Waals surface area (Å²) in [6.45, 7) is 7.66. The van der Waals surface area contributed by atoms with Crippen LogP contribution in [0.15, 0.2) is 69.1 Å². The van der Waals surface area contributed by atoms with Gasteiger partial charge in [0.15, 0.2) is 5.84 Å². The van der Waals surface area contributed by atoms with E-state index in [1.807, 2.05) is 48.1 Å². The van der Waals surface area contributed by atoms with Gasteiger partial charge in [-0.05, 0) is 37.2 Å². The lowest BCUT2D eigenvalue weighted by Gasteiger charge is -1.99. The van der Waals surface area contributed by atoms with Crippen molar-refractivity contribution in [2.24, 2.45) is 27.5 Å². The van der Waals surface area contributed by atoms with Crippen molar-refractivity contribution < 1.29 is 17.0 Å². The summed E-state index contributed by atoms with van der Waals surface area (Å²) in [5, 5.41) is 17.2. The van der Waals surface area contributed by atoms with Gasteiger partial charge in [0, 0.05) is 26.1 Å². The van der Waals surface area contributed by atoms with Crippen LogP contribution >= 0.6 is 0 Å². The summed E-state index contributed by atoms with van der Waals surface area (Å²) in [4.78, 5) is 0. The summed E-state index contributed by atoms with van der Waals surface area (Å²) in [7, 11) is 1.93. The molecule has 0 bridgehead atoms.